The lowest BCUT2D eigenvalue weighted by Gasteiger charge is -2.31. The zero-order valence-electron chi connectivity index (χ0n) is 14.6. The van der Waals surface area contributed by atoms with Gasteiger partial charge in [0, 0.05) is 12.1 Å². The molecular weight excluding hydrogens is 320 g/mol. The summed E-state index contributed by atoms with van der Waals surface area (Å²) in [4.78, 5) is 2.48. The molecule has 2 aromatic rings. The molecule has 1 saturated heterocycles. The highest BCUT2D eigenvalue weighted by Gasteiger charge is 2.48. The number of nitrogens with zero attached hydrogens (tertiary/aromatic N) is 2. The topological polar surface area (TPSA) is 40.6 Å². The first kappa shape index (κ1) is 17.1. The van der Waals surface area contributed by atoms with E-state index < -0.39 is 10.0 Å². The molecule has 0 aromatic heterocycles. The van der Waals surface area contributed by atoms with Crippen LogP contribution in [0.25, 0.3) is 0 Å². The highest BCUT2D eigenvalue weighted by atomic mass is 32.2. The lowest BCUT2D eigenvalue weighted by atomic mass is 10.1. The number of hydrogen-bond donors (Lipinski definition) is 0. The average molecular weight is 344 g/mol. The molecule has 1 aliphatic heterocycles. The van der Waals surface area contributed by atoms with Gasteiger partial charge in [0.15, 0.2) is 0 Å². The van der Waals surface area contributed by atoms with E-state index in [1.807, 2.05) is 56.4 Å². The molecule has 1 aliphatic rings. The van der Waals surface area contributed by atoms with Crippen molar-refractivity contribution in [3.63, 3.8) is 0 Å². The summed E-state index contributed by atoms with van der Waals surface area (Å²) in [5.74, 6) is 0. The van der Waals surface area contributed by atoms with Gasteiger partial charge in [-0.3, -0.25) is 4.90 Å². The maximum Gasteiger partial charge on any atom is 0.244 e. The van der Waals surface area contributed by atoms with Crippen molar-refractivity contribution in [3.8, 4) is 0 Å². The average Bonchev–Trinajstić information content (AvgIpc) is 2.80. The van der Waals surface area contributed by atoms with Crippen LogP contribution in [-0.4, -0.2) is 36.8 Å². The summed E-state index contributed by atoms with van der Waals surface area (Å²) in [5.41, 5.74) is 1.80. The summed E-state index contributed by atoms with van der Waals surface area (Å²) in [7, 11) is -1.58. The van der Waals surface area contributed by atoms with Crippen LogP contribution in [0.2, 0.25) is 0 Å². The van der Waals surface area contributed by atoms with E-state index in [2.05, 4.69) is 18.7 Å². The number of likely N-dealkylation sites (N-methyl/N-ethyl adjacent to an activating group) is 1. The molecule has 1 heterocycles. The zero-order valence-corrected chi connectivity index (χ0v) is 15.4. The van der Waals surface area contributed by atoms with E-state index in [0.717, 1.165) is 11.1 Å². The van der Waals surface area contributed by atoms with E-state index in [-0.39, 0.29) is 11.7 Å². The summed E-state index contributed by atoms with van der Waals surface area (Å²) in [6.45, 7) is 6.57. The van der Waals surface area contributed by atoms with E-state index in [1.165, 1.54) is 0 Å². The quantitative estimate of drug-likeness (QED) is 0.857. The Morgan fingerprint density at radius 1 is 1.00 bits per heavy atom. The van der Waals surface area contributed by atoms with Gasteiger partial charge in [-0.15, -0.1) is 0 Å². The van der Waals surface area contributed by atoms with E-state index in [1.54, 1.807) is 16.4 Å². The lowest BCUT2D eigenvalue weighted by molar-refractivity contribution is 0.156. The van der Waals surface area contributed by atoms with Crippen LogP contribution in [0.1, 0.15) is 31.1 Å². The van der Waals surface area contributed by atoms with Crippen molar-refractivity contribution in [1.82, 2.24) is 9.21 Å². The highest BCUT2D eigenvalue weighted by molar-refractivity contribution is 7.89. The molecule has 1 unspecified atom stereocenters. The molecule has 1 atom stereocenters. The Labute approximate surface area is 144 Å². The van der Waals surface area contributed by atoms with E-state index in [4.69, 9.17) is 0 Å². The van der Waals surface area contributed by atoms with Crippen LogP contribution in [0.4, 0.5) is 0 Å². The Morgan fingerprint density at radius 2 is 1.58 bits per heavy atom. The molecule has 2 aromatic carbocycles. The van der Waals surface area contributed by atoms with E-state index in [0.29, 0.717) is 11.4 Å². The molecule has 4 nitrogen and oxygen atoms in total. The number of benzene rings is 2. The van der Waals surface area contributed by atoms with Gasteiger partial charge in [0.05, 0.1) is 4.90 Å². The van der Waals surface area contributed by atoms with Crippen molar-refractivity contribution in [2.45, 2.75) is 37.4 Å². The molecule has 0 spiro atoms. The molecule has 0 radical (unpaired) electrons. The van der Waals surface area contributed by atoms with Crippen LogP contribution in [0.15, 0.2) is 59.5 Å². The van der Waals surface area contributed by atoms with Crippen molar-refractivity contribution in [2.75, 3.05) is 13.6 Å². The number of hydrogen-bond acceptors (Lipinski definition) is 3. The predicted molar refractivity (Wildman–Crippen MR) is 96.1 cm³/mol. The third kappa shape index (κ3) is 2.88. The van der Waals surface area contributed by atoms with Gasteiger partial charge in [-0.05, 0) is 45.5 Å². The van der Waals surface area contributed by atoms with Crippen molar-refractivity contribution in [3.05, 3.63) is 65.7 Å². The SMILES string of the molecule is Cc1ccc(S(=O)(=O)N2CC(C)(C)N(C)C2c2ccccc2)cc1. The second-order valence-corrected chi connectivity index (χ2v) is 8.96. The Bertz CT molecular complexity index is 814. The van der Waals surface area contributed by atoms with Gasteiger partial charge in [0.2, 0.25) is 10.0 Å². The molecule has 0 N–H and O–H groups in total. The normalized spacial score (nSPS) is 21.9. The van der Waals surface area contributed by atoms with Gasteiger partial charge in [-0.1, -0.05) is 48.0 Å². The van der Waals surface area contributed by atoms with E-state index in [9.17, 15) is 8.42 Å². The molecule has 0 saturated carbocycles. The van der Waals surface area contributed by atoms with Gasteiger partial charge in [0.1, 0.15) is 6.17 Å². The molecule has 0 amide bonds. The van der Waals surface area contributed by atoms with Crippen LogP contribution in [-0.2, 0) is 10.0 Å². The fraction of sp³-hybridized carbons (Fsp3) is 0.368. The fourth-order valence-corrected chi connectivity index (χ4v) is 4.94. The van der Waals surface area contributed by atoms with Crippen LogP contribution < -0.4 is 0 Å². The summed E-state index contributed by atoms with van der Waals surface area (Å²) in [5, 5.41) is 0. The first-order valence-corrected chi connectivity index (χ1v) is 9.54. The Hall–Kier alpha value is -1.69. The molecule has 128 valence electrons. The van der Waals surface area contributed by atoms with Crippen molar-refractivity contribution >= 4 is 10.0 Å². The minimum Gasteiger partial charge on any atom is -0.280 e. The van der Waals surface area contributed by atoms with Gasteiger partial charge < -0.3 is 0 Å². The molecular formula is C19H24N2O2S. The zero-order chi connectivity index (χ0) is 17.5. The van der Waals surface area contributed by atoms with Gasteiger partial charge in [-0.25, -0.2) is 8.42 Å². The van der Waals surface area contributed by atoms with E-state index >= 15 is 0 Å². The third-order valence-electron chi connectivity index (χ3n) is 4.86. The lowest BCUT2D eigenvalue weighted by Crippen LogP contribution is -2.38. The predicted octanol–water partition coefficient (Wildman–Crippen LogP) is 3.41. The van der Waals surface area contributed by atoms with Gasteiger partial charge >= 0.3 is 0 Å². The molecule has 5 heteroatoms. The standard InChI is InChI=1S/C19H24N2O2S/c1-15-10-12-17(13-11-15)24(22,23)21-14-19(2,3)20(4)18(21)16-8-6-5-7-9-16/h5-13,18H,14H2,1-4H3. The second kappa shape index (κ2) is 5.99. The maximum atomic E-state index is 13.3. The summed E-state index contributed by atoms with van der Waals surface area (Å²) < 4.78 is 28.1. The third-order valence-corrected chi connectivity index (χ3v) is 6.68. The minimum atomic E-state index is -3.57. The highest BCUT2D eigenvalue weighted by Crippen LogP contribution is 2.41. The monoisotopic (exact) mass is 344 g/mol. The molecule has 0 aliphatic carbocycles. The number of aryl methyl sites for hydroxylation is 1. The summed E-state index contributed by atoms with van der Waals surface area (Å²) >= 11 is 0. The first-order valence-electron chi connectivity index (χ1n) is 8.10. The summed E-state index contributed by atoms with van der Waals surface area (Å²) in [6, 6.07) is 16.9. The number of sulfonamides is 1. The van der Waals surface area contributed by atoms with Crippen molar-refractivity contribution in [1.29, 1.82) is 0 Å². The minimum absolute atomic E-state index is 0.238. The largest absolute Gasteiger partial charge is 0.280 e. The maximum absolute atomic E-state index is 13.3. The van der Waals surface area contributed by atoms with Crippen LogP contribution in [0.5, 0.6) is 0 Å². The fourth-order valence-electron chi connectivity index (χ4n) is 3.18. The van der Waals surface area contributed by atoms with Crippen molar-refractivity contribution < 1.29 is 8.42 Å². The molecule has 3 rings (SSSR count). The summed E-state index contributed by atoms with van der Waals surface area (Å²) in [6.07, 6.45) is -0.299. The van der Waals surface area contributed by atoms with Gasteiger partial charge in [0.25, 0.3) is 0 Å². The Balaban J connectivity index is 2.08. The van der Waals surface area contributed by atoms with Gasteiger partial charge in [-0.2, -0.15) is 4.31 Å². The van der Waals surface area contributed by atoms with Crippen LogP contribution in [0, 0.1) is 6.92 Å². The van der Waals surface area contributed by atoms with Crippen LogP contribution in [0.3, 0.4) is 0 Å². The first-order chi connectivity index (χ1) is 11.2. The Morgan fingerprint density at radius 3 is 2.17 bits per heavy atom. The molecule has 0 bridgehead atoms. The van der Waals surface area contributed by atoms with Crippen LogP contribution >= 0.6 is 0 Å². The molecule has 24 heavy (non-hydrogen) atoms. The number of rotatable bonds is 3. The Kier molecular flexibility index (Phi) is 4.28. The molecule has 1 fully saturated rings. The smallest absolute Gasteiger partial charge is 0.244 e. The van der Waals surface area contributed by atoms with Crippen molar-refractivity contribution in [2.24, 2.45) is 0 Å². The second-order valence-electron chi connectivity index (χ2n) is 7.07.